The monoisotopic (exact) mass is 166 g/mol. The molecule has 0 rings (SSSR count). The van der Waals surface area contributed by atoms with Gasteiger partial charge in [0.15, 0.2) is 0 Å². The smallest absolute Gasteiger partial charge is 0.130 e. The Morgan fingerprint density at radius 2 is 1.71 bits per heavy atom. The summed E-state index contributed by atoms with van der Waals surface area (Å²) in [6.45, 7) is 1.44. The molecule has 0 aliphatic carbocycles. The Morgan fingerprint density at radius 3 is 1.71 bits per heavy atom. The molecule has 0 bridgehead atoms. The van der Waals surface area contributed by atoms with Crippen LogP contribution in [-0.2, 0) is 9.59 Å². The maximum absolute atomic E-state index is 9.13. The highest BCUT2D eigenvalue weighted by molar-refractivity contribution is 9.09. The lowest BCUT2D eigenvalue weighted by atomic mass is 11.0. The zero-order valence-corrected chi connectivity index (χ0v) is 5.64. The molecule has 7 heavy (non-hydrogen) atoms. The fourth-order valence-corrected chi connectivity index (χ4v) is 0. The molecule has 3 heteroatoms. The Bertz CT molecular complexity index is 45.0. The average Bonchev–Trinajstić information content (AvgIpc) is 1.69. The van der Waals surface area contributed by atoms with E-state index in [1.54, 1.807) is 0 Å². The molecular formula is C4H7BrO2. The van der Waals surface area contributed by atoms with Gasteiger partial charge in [0.05, 0.1) is 5.33 Å². The second-order valence-electron chi connectivity index (χ2n) is 0.557. The van der Waals surface area contributed by atoms with E-state index in [0.29, 0.717) is 5.33 Å². The van der Waals surface area contributed by atoms with Gasteiger partial charge < -0.3 is 9.59 Å². The summed E-state index contributed by atoms with van der Waals surface area (Å²) in [6, 6.07) is 0. The summed E-state index contributed by atoms with van der Waals surface area (Å²) in [5.41, 5.74) is 0. The van der Waals surface area contributed by atoms with Gasteiger partial charge in [0.2, 0.25) is 0 Å². The number of rotatable bonds is 1. The Balaban J connectivity index is 0. The van der Waals surface area contributed by atoms with Crippen molar-refractivity contribution in [1.82, 2.24) is 0 Å². The third kappa shape index (κ3) is 126. The molecule has 0 atom stereocenters. The van der Waals surface area contributed by atoms with Crippen molar-refractivity contribution >= 4 is 28.5 Å². The van der Waals surface area contributed by atoms with Crippen molar-refractivity contribution in [2.75, 3.05) is 5.33 Å². The van der Waals surface area contributed by atoms with Crippen molar-refractivity contribution in [2.45, 2.75) is 6.92 Å². The number of carbonyl (C=O) groups excluding carboxylic acids is 2. The van der Waals surface area contributed by atoms with Crippen LogP contribution in [-0.4, -0.2) is 17.9 Å². The predicted molar refractivity (Wildman–Crippen MR) is 31.6 cm³/mol. The van der Waals surface area contributed by atoms with Crippen molar-refractivity contribution < 1.29 is 9.59 Å². The maximum Gasteiger partial charge on any atom is 0.130 e. The number of alkyl halides is 1. The highest BCUT2D eigenvalue weighted by Crippen LogP contribution is 1.65. The summed E-state index contributed by atoms with van der Waals surface area (Å²) in [7, 11) is 0. The van der Waals surface area contributed by atoms with Crippen LogP contribution in [0.4, 0.5) is 0 Å². The van der Waals surface area contributed by atoms with Crippen LogP contribution >= 0.6 is 15.9 Å². The Labute approximate surface area is 51.0 Å². The molecule has 0 aromatic rings. The minimum absolute atomic E-state index is 0.451. The largest absolute Gasteiger partial charge is 0.304 e. The van der Waals surface area contributed by atoms with Gasteiger partial charge in [-0.1, -0.05) is 15.9 Å². The second kappa shape index (κ2) is 17.0. The standard InChI is InChI=1S/C2H3BrO.C2H4O/c3-1-2-4;1-2-3/h2H,1H2;2H,1H3. The topological polar surface area (TPSA) is 34.1 Å². The van der Waals surface area contributed by atoms with Gasteiger partial charge in [-0.25, -0.2) is 0 Å². The van der Waals surface area contributed by atoms with Crippen molar-refractivity contribution in [3.05, 3.63) is 0 Å². The second-order valence-corrected chi connectivity index (χ2v) is 1.20. The molecule has 0 aromatic carbocycles. The Hall–Kier alpha value is -0.180. The minimum atomic E-state index is 0.451. The van der Waals surface area contributed by atoms with E-state index >= 15 is 0 Å². The number of aldehydes is 2. The van der Waals surface area contributed by atoms with Gasteiger partial charge in [-0.05, 0) is 6.92 Å². The van der Waals surface area contributed by atoms with E-state index in [-0.39, 0.29) is 0 Å². The van der Waals surface area contributed by atoms with Gasteiger partial charge in [0.1, 0.15) is 12.6 Å². The van der Waals surface area contributed by atoms with E-state index in [4.69, 9.17) is 9.59 Å². The average molecular weight is 167 g/mol. The van der Waals surface area contributed by atoms with Gasteiger partial charge in [-0.15, -0.1) is 0 Å². The lowest BCUT2D eigenvalue weighted by Gasteiger charge is -1.49. The molecule has 0 spiro atoms. The first-order chi connectivity index (χ1) is 3.33. The zero-order chi connectivity index (χ0) is 6.12. The summed E-state index contributed by atoms with van der Waals surface area (Å²) in [5, 5.41) is 0.451. The first kappa shape index (κ1) is 9.94. The third-order valence-corrected chi connectivity index (χ3v) is 0.327. The summed E-state index contributed by atoms with van der Waals surface area (Å²) in [5.74, 6) is 0. The van der Waals surface area contributed by atoms with Gasteiger partial charge in [-0.3, -0.25) is 0 Å². The minimum Gasteiger partial charge on any atom is -0.304 e. The summed E-state index contributed by atoms with van der Waals surface area (Å²) >= 11 is 2.88. The first-order valence-corrected chi connectivity index (χ1v) is 2.85. The fraction of sp³-hybridized carbons (Fsp3) is 0.500. The van der Waals surface area contributed by atoms with Gasteiger partial charge in [-0.2, -0.15) is 0 Å². The van der Waals surface area contributed by atoms with Crippen LogP contribution in [0.5, 0.6) is 0 Å². The van der Waals surface area contributed by atoms with Crippen molar-refractivity contribution in [1.29, 1.82) is 0 Å². The number of carbonyl (C=O) groups is 2. The zero-order valence-electron chi connectivity index (χ0n) is 4.06. The van der Waals surface area contributed by atoms with Gasteiger partial charge in [0.25, 0.3) is 0 Å². The van der Waals surface area contributed by atoms with Crippen molar-refractivity contribution in [2.24, 2.45) is 0 Å². The normalized spacial score (nSPS) is 5.43. The SMILES string of the molecule is CC=O.O=CCBr. The summed E-state index contributed by atoms with van der Waals surface area (Å²) < 4.78 is 0. The van der Waals surface area contributed by atoms with E-state index in [9.17, 15) is 0 Å². The number of halogens is 1. The molecule has 0 aliphatic rings. The molecule has 42 valence electrons. The van der Waals surface area contributed by atoms with E-state index in [2.05, 4.69) is 15.9 Å². The molecule has 0 fully saturated rings. The molecule has 0 aromatic heterocycles. The molecule has 0 saturated carbocycles. The van der Waals surface area contributed by atoms with Crippen LogP contribution < -0.4 is 0 Å². The first-order valence-electron chi connectivity index (χ1n) is 1.72. The number of hydrogen-bond acceptors (Lipinski definition) is 2. The van der Waals surface area contributed by atoms with E-state index in [1.165, 1.54) is 6.92 Å². The van der Waals surface area contributed by atoms with Gasteiger partial charge >= 0.3 is 0 Å². The Morgan fingerprint density at radius 1 is 1.57 bits per heavy atom. The molecule has 0 amide bonds. The van der Waals surface area contributed by atoms with E-state index < -0.39 is 0 Å². The third-order valence-electron chi connectivity index (χ3n) is 0.0630. The van der Waals surface area contributed by atoms with Crippen LogP contribution in [0.15, 0.2) is 0 Å². The van der Waals surface area contributed by atoms with Crippen LogP contribution in [0.1, 0.15) is 6.92 Å². The summed E-state index contributed by atoms with van der Waals surface area (Å²) in [4.78, 5) is 17.9. The molecule has 0 unspecified atom stereocenters. The van der Waals surface area contributed by atoms with Crippen LogP contribution in [0.2, 0.25) is 0 Å². The molecular weight excluding hydrogens is 160 g/mol. The highest BCUT2D eigenvalue weighted by Gasteiger charge is 1.55. The maximum atomic E-state index is 9.13. The molecule has 2 nitrogen and oxygen atoms in total. The molecule has 0 aliphatic heterocycles. The molecule has 0 heterocycles. The predicted octanol–water partition coefficient (Wildman–Crippen LogP) is 0.785. The quantitative estimate of drug-likeness (QED) is 0.427. The van der Waals surface area contributed by atoms with Crippen LogP contribution in [0, 0.1) is 0 Å². The highest BCUT2D eigenvalue weighted by atomic mass is 79.9. The fourth-order valence-electron chi connectivity index (χ4n) is 0. The van der Waals surface area contributed by atoms with Crippen molar-refractivity contribution in [3.8, 4) is 0 Å². The Kier molecular flexibility index (Phi) is 24.2. The molecule has 0 N–H and O–H groups in total. The number of hydrogen-bond donors (Lipinski definition) is 0. The lowest BCUT2D eigenvalue weighted by molar-refractivity contribution is -0.106. The van der Waals surface area contributed by atoms with Crippen LogP contribution in [0.3, 0.4) is 0 Å². The lowest BCUT2D eigenvalue weighted by Crippen LogP contribution is -1.61. The summed E-state index contributed by atoms with van der Waals surface area (Å²) in [6.07, 6.45) is 1.54. The molecule has 0 saturated heterocycles. The molecule has 0 radical (unpaired) electrons. The van der Waals surface area contributed by atoms with Crippen LogP contribution in [0.25, 0.3) is 0 Å². The van der Waals surface area contributed by atoms with Crippen molar-refractivity contribution in [3.63, 3.8) is 0 Å². The van der Waals surface area contributed by atoms with E-state index in [1.807, 2.05) is 0 Å². The van der Waals surface area contributed by atoms with E-state index in [0.717, 1.165) is 12.6 Å². The van der Waals surface area contributed by atoms with Gasteiger partial charge in [0, 0.05) is 0 Å².